The van der Waals surface area contributed by atoms with Gasteiger partial charge in [0.1, 0.15) is 0 Å². The SMILES string of the molecule is O=C(Nc1cc(Cl)c(O)c(Cl)c1)c1cc(Br)ccc1Cl. The molecule has 3 nitrogen and oxygen atoms in total. The Hall–Kier alpha value is -0.940. The van der Waals surface area contributed by atoms with Crippen molar-refractivity contribution in [1.82, 2.24) is 0 Å². The normalized spacial score (nSPS) is 10.4. The Labute approximate surface area is 138 Å². The summed E-state index contributed by atoms with van der Waals surface area (Å²) in [5.74, 6) is -0.638. The molecule has 2 aromatic carbocycles. The zero-order chi connectivity index (χ0) is 14.9. The summed E-state index contributed by atoms with van der Waals surface area (Å²) >= 11 is 20.8. The Bertz CT molecular complexity index is 668. The minimum atomic E-state index is -0.408. The first-order valence-corrected chi connectivity index (χ1v) is 7.25. The van der Waals surface area contributed by atoms with Gasteiger partial charge < -0.3 is 10.4 Å². The Balaban J connectivity index is 2.30. The molecule has 104 valence electrons. The predicted molar refractivity (Wildman–Crippen MR) is 85.2 cm³/mol. The van der Waals surface area contributed by atoms with Crippen LogP contribution in [0, 0.1) is 0 Å². The highest BCUT2D eigenvalue weighted by atomic mass is 79.9. The lowest BCUT2D eigenvalue weighted by Crippen LogP contribution is -2.12. The number of phenolic OH excluding ortho intramolecular Hbond substituents is 1. The standard InChI is InChI=1S/C13H7BrCl3NO2/c14-6-1-2-9(15)8(3-6)13(20)18-7-4-10(16)12(19)11(17)5-7/h1-5,19H,(H,18,20). The number of aromatic hydroxyl groups is 1. The van der Waals surface area contributed by atoms with Crippen LogP contribution in [0.5, 0.6) is 5.75 Å². The molecule has 0 spiro atoms. The van der Waals surface area contributed by atoms with Crippen LogP contribution in [0.3, 0.4) is 0 Å². The molecule has 7 heteroatoms. The highest BCUT2D eigenvalue weighted by Gasteiger charge is 2.13. The van der Waals surface area contributed by atoms with Gasteiger partial charge in [-0.1, -0.05) is 50.7 Å². The highest BCUT2D eigenvalue weighted by Crippen LogP contribution is 2.35. The molecule has 0 aromatic heterocycles. The number of anilines is 1. The van der Waals surface area contributed by atoms with Crippen LogP contribution in [0.4, 0.5) is 5.69 Å². The van der Waals surface area contributed by atoms with Gasteiger partial charge in [0.05, 0.1) is 20.6 Å². The molecule has 0 aliphatic rings. The summed E-state index contributed by atoms with van der Waals surface area (Å²) in [6.07, 6.45) is 0. The number of hydrogen-bond acceptors (Lipinski definition) is 2. The van der Waals surface area contributed by atoms with E-state index in [-0.39, 0.29) is 15.8 Å². The van der Waals surface area contributed by atoms with Crippen LogP contribution in [0.1, 0.15) is 10.4 Å². The van der Waals surface area contributed by atoms with E-state index in [4.69, 9.17) is 34.8 Å². The van der Waals surface area contributed by atoms with Crippen molar-refractivity contribution in [3.63, 3.8) is 0 Å². The number of amides is 1. The maximum atomic E-state index is 12.1. The summed E-state index contributed by atoms with van der Waals surface area (Å²) < 4.78 is 0.730. The van der Waals surface area contributed by atoms with Crippen molar-refractivity contribution in [1.29, 1.82) is 0 Å². The molecule has 2 rings (SSSR count). The minimum Gasteiger partial charge on any atom is -0.505 e. The van der Waals surface area contributed by atoms with Crippen molar-refractivity contribution < 1.29 is 9.90 Å². The van der Waals surface area contributed by atoms with Gasteiger partial charge in [-0.05, 0) is 30.3 Å². The lowest BCUT2D eigenvalue weighted by atomic mass is 10.2. The van der Waals surface area contributed by atoms with E-state index in [1.165, 1.54) is 12.1 Å². The van der Waals surface area contributed by atoms with Gasteiger partial charge in [0.15, 0.2) is 5.75 Å². The number of halogens is 4. The lowest BCUT2D eigenvalue weighted by molar-refractivity contribution is 0.102. The second-order valence-corrected chi connectivity index (χ2v) is 6.00. The predicted octanol–water partition coefficient (Wildman–Crippen LogP) is 5.37. The van der Waals surface area contributed by atoms with Gasteiger partial charge in [0.25, 0.3) is 5.91 Å². The first kappa shape index (κ1) is 15.4. The number of nitrogens with one attached hydrogen (secondary N) is 1. The fourth-order valence-corrected chi connectivity index (χ4v) is 2.56. The number of hydrogen-bond donors (Lipinski definition) is 2. The van der Waals surface area contributed by atoms with Crippen LogP contribution in [-0.2, 0) is 0 Å². The Morgan fingerprint density at radius 3 is 2.25 bits per heavy atom. The Kier molecular flexibility index (Phi) is 4.81. The molecular weight excluding hydrogens is 388 g/mol. The molecule has 2 aromatic rings. The quantitative estimate of drug-likeness (QED) is 0.672. The average Bonchev–Trinajstić information content (AvgIpc) is 2.38. The van der Waals surface area contributed by atoms with E-state index in [9.17, 15) is 9.90 Å². The highest BCUT2D eigenvalue weighted by molar-refractivity contribution is 9.10. The van der Waals surface area contributed by atoms with Crippen LogP contribution in [-0.4, -0.2) is 11.0 Å². The number of carbonyl (C=O) groups excluding carboxylic acids is 1. The third-order valence-electron chi connectivity index (χ3n) is 2.45. The van der Waals surface area contributed by atoms with Gasteiger partial charge >= 0.3 is 0 Å². The van der Waals surface area contributed by atoms with Crippen LogP contribution >= 0.6 is 50.7 Å². The van der Waals surface area contributed by atoms with Gasteiger partial charge in [0, 0.05) is 10.2 Å². The molecule has 0 heterocycles. The largest absolute Gasteiger partial charge is 0.505 e. The maximum Gasteiger partial charge on any atom is 0.257 e. The molecule has 0 aliphatic carbocycles. The van der Waals surface area contributed by atoms with Crippen LogP contribution in [0.2, 0.25) is 15.1 Å². The molecule has 0 unspecified atom stereocenters. The molecule has 0 fully saturated rings. The van der Waals surface area contributed by atoms with E-state index < -0.39 is 5.91 Å². The van der Waals surface area contributed by atoms with Gasteiger partial charge in [-0.2, -0.15) is 0 Å². The van der Waals surface area contributed by atoms with Crippen molar-refractivity contribution in [2.24, 2.45) is 0 Å². The maximum absolute atomic E-state index is 12.1. The molecule has 0 radical (unpaired) electrons. The monoisotopic (exact) mass is 393 g/mol. The summed E-state index contributed by atoms with van der Waals surface area (Å²) in [7, 11) is 0. The first-order valence-electron chi connectivity index (χ1n) is 5.33. The fraction of sp³-hybridized carbons (Fsp3) is 0. The van der Waals surface area contributed by atoms with Crippen molar-refractivity contribution in [3.05, 3.63) is 55.4 Å². The van der Waals surface area contributed by atoms with Crippen molar-refractivity contribution in [2.45, 2.75) is 0 Å². The minimum absolute atomic E-state index is 0.0492. The van der Waals surface area contributed by atoms with E-state index in [1.807, 2.05) is 0 Å². The molecule has 2 N–H and O–H groups in total. The smallest absolute Gasteiger partial charge is 0.257 e. The first-order chi connectivity index (χ1) is 9.38. The Morgan fingerprint density at radius 1 is 1.05 bits per heavy atom. The van der Waals surface area contributed by atoms with Crippen molar-refractivity contribution in [2.75, 3.05) is 5.32 Å². The van der Waals surface area contributed by atoms with Crippen molar-refractivity contribution >= 4 is 62.3 Å². The second-order valence-electron chi connectivity index (χ2n) is 3.87. The van der Waals surface area contributed by atoms with Crippen LogP contribution < -0.4 is 5.32 Å². The molecule has 0 aliphatic heterocycles. The van der Waals surface area contributed by atoms with E-state index in [0.717, 1.165) is 4.47 Å². The van der Waals surface area contributed by atoms with Gasteiger partial charge in [-0.25, -0.2) is 0 Å². The summed E-state index contributed by atoms with van der Waals surface area (Å²) in [6, 6.07) is 7.73. The second kappa shape index (κ2) is 6.22. The van der Waals surface area contributed by atoms with Crippen LogP contribution in [0.25, 0.3) is 0 Å². The zero-order valence-corrected chi connectivity index (χ0v) is 13.6. The summed E-state index contributed by atoms with van der Waals surface area (Å²) in [6.45, 7) is 0. The topological polar surface area (TPSA) is 49.3 Å². The van der Waals surface area contributed by atoms with E-state index in [2.05, 4.69) is 21.2 Å². The summed E-state index contributed by atoms with van der Waals surface area (Å²) in [5.41, 5.74) is 0.667. The average molecular weight is 395 g/mol. The number of carbonyl (C=O) groups is 1. The summed E-state index contributed by atoms with van der Waals surface area (Å²) in [5, 5.41) is 12.5. The molecule has 1 amide bonds. The van der Waals surface area contributed by atoms with E-state index in [0.29, 0.717) is 16.3 Å². The number of phenols is 1. The third-order valence-corrected chi connectivity index (χ3v) is 3.85. The van der Waals surface area contributed by atoms with E-state index >= 15 is 0 Å². The zero-order valence-electron chi connectivity index (χ0n) is 9.75. The molecule has 0 atom stereocenters. The molecule has 0 bridgehead atoms. The van der Waals surface area contributed by atoms with E-state index in [1.54, 1.807) is 18.2 Å². The van der Waals surface area contributed by atoms with Crippen LogP contribution in [0.15, 0.2) is 34.8 Å². The third kappa shape index (κ3) is 3.38. The Morgan fingerprint density at radius 2 is 1.65 bits per heavy atom. The molecular formula is C13H7BrCl3NO2. The molecule has 0 saturated heterocycles. The van der Waals surface area contributed by atoms with Gasteiger partial charge in [-0.3, -0.25) is 4.79 Å². The van der Waals surface area contributed by atoms with Gasteiger partial charge in [-0.15, -0.1) is 0 Å². The lowest BCUT2D eigenvalue weighted by Gasteiger charge is -2.09. The fourth-order valence-electron chi connectivity index (χ4n) is 1.51. The summed E-state index contributed by atoms with van der Waals surface area (Å²) in [4.78, 5) is 12.1. The number of benzene rings is 2. The molecule has 0 saturated carbocycles. The van der Waals surface area contributed by atoms with Gasteiger partial charge in [0.2, 0.25) is 0 Å². The molecule has 20 heavy (non-hydrogen) atoms. The van der Waals surface area contributed by atoms with Crippen molar-refractivity contribution in [3.8, 4) is 5.75 Å². The number of rotatable bonds is 2.